The van der Waals surface area contributed by atoms with E-state index in [1.807, 2.05) is 12.1 Å². The first kappa shape index (κ1) is 20.0. The molecule has 3 saturated carbocycles. The first-order valence-electron chi connectivity index (χ1n) is 12.1. The summed E-state index contributed by atoms with van der Waals surface area (Å²) in [4.78, 5) is 13.1. The Morgan fingerprint density at radius 1 is 0.821 bits per heavy atom. The summed E-state index contributed by atoms with van der Waals surface area (Å²) in [7, 11) is 0. The lowest BCUT2D eigenvalue weighted by Gasteiger charge is -2.45. The van der Waals surface area contributed by atoms with Crippen LogP contribution >= 0.6 is 0 Å². The van der Waals surface area contributed by atoms with E-state index in [4.69, 9.17) is 4.74 Å². The highest BCUT2D eigenvalue weighted by Gasteiger charge is 2.42. The Bertz CT molecular complexity index is 632. The van der Waals surface area contributed by atoms with Crippen LogP contribution in [0.5, 0.6) is 5.75 Å². The van der Waals surface area contributed by atoms with Gasteiger partial charge in [-0.25, -0.2) is 0 Å². The van der Waals surface area contributed by atoms with Crippen LogP contribution in [0.4, 0.5) is 0 Å². The normalized spacial score (nSPS) is 24.0. The summed E-state index contributed by atoms with van der Waals surface area (Å²) in [6.07, 6.45) is 20.2. The second-order valence-electron chi connectivity index (χ2n) is 9.78. The molecule has 3 aliphatic rings. The third-order valence-corrected chi connectivity index (χ3v) is 8.00. The molecule has 4 rings (SSSR count). The average Bonchev–Trinajstić information content (AvgIpc) is 2.76. The fraction of sp³-hybridized carbons (Fsp3) is 0.731. The van der Waals surface area contributed by atoms with Crippen LogP contribution in [-0.2, 0) is 4.79 Å². The van der Waals surface area contributed by atoms with Crippen LogP contribution in [0, 0.1) is 11.3 Å². The van der Waals surface area contributed by atoms with E-state index in [1.54, 1.807) is 0 Å². The van der Waals surface area contributed by atoms with Crippen molar-refractivity contribution in [2.45, 2.75) is 109 Å². The van der Waals surface area contributed by atoms with Crippen molar-refractivity contribution in [3.8, 4) is 5.75 Å². The highest BCUT2D eigenvalue weighted by molar-refractivity contribution is 5.73. The molecule has 0 bridgehead atoms. The summed E-state index contributed by atoms with van der Waals surface area (Å²) in [5.74, 6) is 2.17. The van der Waals surface area contributed by atoms with Crippen LogP contribution in [-0.4, -0.2) is 5.97 Å². The molecular weight excluding hydrogens is 344 g/mol. The van der Waals surface area contributed by atoms with Crippen LogP contribution in [0.1, 0.15) is 114 Å². The second kappa shape index (κ2) is 9.46. The fourth-order valence-corrected chi connectivity index (χ4v) is 6.47. The van der Waals surface area contributed by atoms with Crippen molar-refractivity contribution in [3.63, 3.8) is 0 Å². The molecule has 2 heteroatoms. The zero-order valence-corrected chi connectivity index (χ0v) is 17.6. The first-order chi connectivity index (χ1) is 13.8. The average molecular weight is 383 g/mol. The van der Waals surface area contributed by atoms with Gasteiger partial charge in [0.25, 0.3) is 0 Å². The maximum atomic E-state index is 13.1. The van der Waals surface area contributed by atoms with Crippen molar-refractivity contribution in [2.24, 2.45) is 11.3 Å². The Labute approximate surface area is 171 Å². The van der Waals surface area contributed by atoms with Crippen molar-refractivity contribution in [1.82, 2.24) is 0 Å². The number of rotatable bonds is 5. The Kier molecular flexibility index (Phi) is 6.75. The molecule has 0 heterocycles. The van der Waals surface area contributed by atoms with E-state index in [0.717, 1.165) is 11.7 Å². The van der Waals surface area contributed by atoms with E-state index >= 15 is 0 Å². The SMILES string of the molecule is O=C(CC1(C2CCCCC2)CCCCC1)Oc1ccccc1C1CCCCC1. The highest BCUT2D eigenvalue weighted by Crippen LogP contribution is 2.51. The Morgan fingerprint density at radius 3 is 2.14 bits per heavy atom. The minimum absolute atomic E-state index is 0.0238. The topological polar surface area (TPSA) is 26.3 Å². The number of ether oxygens (including phenoxy) is 1. The monoisotopic (exact) mass is 382 g/mol. The number of hydrogen-bond acceptors (Lipinski definition) is 2. The van der Waals surface area contributed by atoms with Crippen molar-refractivity contribution < 1.29 is 9.53 Å². The van der Waals surface area contributed by atoms with E-state index in [9.17, 15) is 4.79 Å². The molecule has 0 aliphatic heterocycles. The number of carbonyl (C=O) groups is 1. The molecule has 3 fully saturated rings. The third-order valence-electron chi connectivity index (χ3n) is 8.00. The summed E-state index contributed by atoms with van der Waals surface area (Å²) >= 11 is 0. The molecule has 154 valence electrons. The van der Waals surface area contributed by atoms with Gasteiger partial charge in [-0.15, -0.1) is 0 Å². The fourth-order valence-electron chi connectivity index (χ4n) is 6.47. The molecule has 0 amide bonds. The maximum Gasteiger partial charge on any atom is 0.311 e. The molecule has 0 aromatic heterocycles. The van der Waals surface area contributed by atoms with Gasteiger partial charge in [-0.3, -0.25) is 4.79 Å². The minimum atomic E-state index is 0.0238. The van der Waals surface area contributed by atoms with E-state index in [0.29, 0.717) is 12.3 Å². The molecule has 3 aliphatic carbocycles. The van der Waals surface area contributed by atoms with Gasteiger partial charge in [0.2, 0.25) is 0 Å². The second-order valence-corrected chi connectivity index (χ2v) is 9.78. The van der Waals surface area contributed by atoms with Gasteiger partial charge in [-0.1, -0.05) is 76.0 Å². The van der Waals surface area contributed by atoms with Gasteiger partial charge in [0.05, 0.1) is 6.42 Å². The number of benzene rings is 1. The molecule has 0 spiro atoms. The van der Waals surface area contributed by atoms with Gasteiger partial charge in [0.1, 0.15) is 5.75 Å². The van der Waals surface area contributed by atoms with Gasteiger partial charge >= 0.3 is 5.97 Å². The minimum Gasteiger partial charge on any atom is -0.426 e. The van der Waals surface area contributed by atoms with Gasteiger partial charge in [-0.2, -0.15) is 0 Å². The zero-order valence-electron chi connectivity index (χ0n) is 17.6. The molecule has 0 N–H and O–H groups in total. The van der Waals surface area contributed by atoms with Crippen molar-refractivity contribution in [3.05, 3.63) is 29.8 Å². The van der Waals surface area contributed by atoms with Crippen LogP contribution in [0.2, 0.25) is 0 Å². The quantitative estimate of drug-likeness (QED) is 0.388. The summed E-state index contributed by atoms with van der Waals surface area (Å²) in [6, 6.07) is 8.34. The Morgan fingerprint density at radius 2 is 1.43 bits per heavy atom. The van der Waals surface area contributed by atoms with Crippen LogP contribution in [0.15, 0.2) is 24.3 Å². The zero-order chi connectivity index (χ0) is 19.2. The van der Waals surface area contributed by atoms with Gasteiger partial charge in [-0.05, 0) is 67.4 Å². The molecule has 0 unspecified atom stereocenters. The standard InChI is InChI=1S/C26H38O2/c27-25(20-26(18-10-3-11-19-26)22-14-6-2-7-15-22)28-24-17-9-8-16-23(24)21-12-4-1-5-13-21/h8-9,16-17,21-22H,1-7,10-15,18-20H2. The number of hydrogen-bond donors (Lipinski definition) is 0. The number of para-hydroxylation sites is 1. The summed E-state index contributed by atoms with van der Waals surface area (Å²) in [6.45, 7) is 0. The molecule has 0 radical (unpaired) electrons. The number of carbonyl (C=O) groups excluding carboxylic acids is 1. The number of esters is 1. The van der Waals surface area contributed by atoms with Crippen molar-refractivity contribution >= 4 is 5.97 Å². The summed E-state index contributed by atoms with van der Waals surface area (Å²) in [5, 5.41) is 0. The molecule has 28 heavy (non-hydrogen) atoms. The van der Waals surface area contributed by atoms with E-state index in [1.165, 1.54) is 102 Å². The van der Waals surface area contributed by atoms with E-state index < -0.39 is 0 Å². The summed E-state index contributed by atoms with van der Waals surface area (Å²) in [5.41, 5.74) is 1.49. The highest BCUT2D eigenvalue weighted by atomic mass is 16.5. The first-order valence-corrected chi connectivity index (χ1v) is 12.1. The van der Waals surface area contributed by atoms with Crippen LogP contribution < -0.4 is 4.74 Å². The van der Waals surface area contributed by atoms with E-state index in [2.05, 4.69) is 12.1 Å². The van der Waals surface area contributed by atoms with Crippen molar-refractivity contribution in [1.29, 1.82) is 0 Å². The molecule has 0 atom stereocenters. The Hall–Kier alpha value is -1.31. The molecule has 1 aromatic carbocycles. The van der Waals surface area contributed by atoms with Crippen LogP contribution in [0.3, 0.4) is 0 Å². The molecule has 0 saturated heterocycles. The lowest BCUT2D eigenvalue weighted by Crippen LogP contribution is -2.37. The lowest BCUT2D eigenvalue weighted by atomic mass is 9.60. The lowest BCUT2D eigenvalue weighted by molar-refractivity contribution is -0.139. The largest absolute Gasteiger partial charge is 0.426 e. The molecule has 2 nitrogen and oxygen atoms in total. The predicted octanol–water partition coefficient (Wildman–Crippen LogP) is 7.56. The summed E-state index contributed by atoms with van der Waals surface area (Å²) < 4.78 is 6.08. The molecule has 1 aromatic rings. The van der Waals surface area contributed by atoms with Crippen LogP contribution in [0.25, 0.3) is 0 Å². The van der Waals surface area contributed by atoms with E-state index in [-0.39, 0.29) is 11.4 Å². The smallest absolute Gasteiger partial charge is 0.311 e. The predicted molar refractivity (Wildman–Crippen MR) is 115 cm³/mol. The van der Waals surface area contributed by atoms with Crippen molar-refractivity contribution in [2.75, 3.05) is 0 Å². The maximum absolute atomic E-state index is 13.1. The van der Waals surface area contributed by atoms with Gasteiger partial charge in [0, 0.05) is 0 Å². The molecular formula is C26H38O2. The van der Waals surface area contributed by atoms with Gasteiger partial charge < -0.3 is 4.74 Å². The third kappa shape index (κ3) is 4.63. The Balaban J connectivity index is 1.47. The van der Waals surface area contributed by atoms with Gasteiger partial charge in [0.15, 0.2) is 0 Å².